The van der Waals surface area contributed by atoms with Gasteiger partial charge in [0.25, 0.3) is 0 Å². The van der Waals surface area contributed by atoms with Crippen LogP contribution in [0.2, 0.25) is 0 Å². The summed E-state index contributed by atoms with van der Waals surface area (Å²) in [4.78, 5) is 22.4. The van der Waals surface area contributed by atoms with Crippen LogP contribution in [0.3, 0.4) is 0 Å². The molecule has 0 spiro atoms. The van der Waals surface area contributed by atoms with E-state index < -0.39 is 0 Å². The van der Waals surface area contributed by atoms with E-state index in [0.717, 1.165) is 58.4 Å². The van der Waals surface area contributed by atoms with E-state index in [4.69, 9.17) is 14.3 Å². The minimum Gasteiger partial charge on any atom is -0.489 e. The third-order valence-electron chi connectivity index (χ3n) is 6.76. The van der Waals surface area contributed by atoms with E-state index in [2.05, 4.69) is 22.3 Å². The number of ether oxygens (including phenoxy) is 2. The Morgan fingerprint density at radius 3 is 2.76 bits per heavy atom. The third-order valence-corrected chi connectivity index (χ3v) is 6.76. The summed E-state index contributed by atoms with van der Waals surface area (Å²) in [5.41, 5.74) is 5.01. The van der Waals surface area contributed by atoms with Crippen LogP contribution in [0.25, 0.3) is 10.9 Å². The van der Waals surface area contributed by atoms with E-state index in [1.807, 2.05) is 49.4 Å². The summed E-state index contributed by atoms with van der Waals surface area (Å²) in [5.74, 6) is 0.751. The van der Waals surface area contributed by atoms with Gasteiger partial charge in [0.2, 0.25) is 0 Å². The summed E-state index contributed by atoms with van der Waals surface area (Å²) in [6.07, 6.45) is 3.51. The van der Waals surface area contributed by atoms with Crippen LogP contribution >= 0.6 is 0 Å². The van der Waals surface area contributed by atoms with E-state index >= 15 is 0 Å². The van der Waals surface area contributed by atoms with Crippen LogP contribution in [0.5, 0.6) is 5.75 Å². The molecule has 1 aromatic heterocycles. The van der Waals surface area contributed by atoms with Gasteiger partial charge in [0.1, 0.15) is 18.5 Å². The molecule has 1 fully saturated rings. The van der Waals surface area contributed by atoms with E-state index in [-0.39, 0.29) is 23.9 Å². The highest BCUT2D eigenvalue weighted by molar-refractivity contribution is 6.01. The minimum absolute atomic E-state index is 0.0641. The van der Waals surface area contributed by atoms with Crippen molar-refractivity contribution in [2.24, 2.45) is 17.0 Å². The molecule has 0 amide bonds. The van der Waals surface area contributed by atoms with Gasteiger partial charge in [0.05, 0.1) is 24.3 Å². The number of hydrogen-bond donors (Lipinski definition) is 0. The lowest BCUT2D eigenvalue weighted by Gasteiger charge is -2.21. The van der Waals surface area contributed by atoms with Gasteiger partial charge in [-0.2, -0.15) is 0 Å². The van der Waals surface area contributed by atoms with Crippen LogP contribution in [0, 0.1) is 18.8 Å². The Hall–Kier alpha value is -3.41. The molecule has 0 saturated heterocycles. The summed E-state index contributed by atoms with van der Waals surface area (Å²) >= 11 is 0. The van der Waals surface area contributed by atoms with Crippen LogP contribution in [-0.2, 0) is 21.0 Å². The largest absolute Gasteiger partial charge is 0.489 e. The van der Waals surface area contributed by atoms with Crippen molar-refractivity contribution >= 4 is 22.6 Å². The Kier molecular flexibility index (Phi) is 5.99. The van der Waals surface area contributed by atoms with Gasteiger partial charge in [-0.3, -0.25) is 9.78 Å². The zero-order chi connectivity index (χ0) is 22.8. The number of esters is 1. The lowest BCUT2D eigenvalue weighted by atomic mass is 9.87. The van der Waals surface area contributed by atoms with Gasteiger partial charge in [0.15, 0.2) is 0 Å². The molecule has 170 valence electrons. The van der Waals surface area contributed by atoms with Crippen molar-refractivity contribution in [2.45, 2.75) is 45.3 Å². The highest BCUT2D eigenvalue weighted by Crippen LogP contribution is 2.39. The molecule has 0 bridgehead atoms. The van der Waals surface area contributed by atoms with Crippen molar-refractivity contribution in [3.05, 3.63) is 71.4 Å². The second-order valence-corrected chi connectivity index (χ2v) is 8.86. The van der Waals surface area contributed by atoms with Gasteiger partial charge in [-0.1, -0.05) is 29.8 Å². The van der Waals surface area contributed by atoms with Gasteiger partial charge in [-0.15, -0.1) is 0 Å². The number of rotatable bonds is 6. The number of para-hydroxylation sites is 1. The average Bonchev–Trinajstić information content (AvgIpc) is 3.52. The molecule has 1 aliphatic heterocycles. The first-order chi connectivity index (χ1) is 16.1. The number of aryl methyl sites for hydroxylation is 1. The molecule has 2 heterocycles. The van der Waals surface area contributed by atoms with Crippen molar-refractivity contribution in [2.75, 3.05) is 7.11 Å². The van der Waals surface area contributed by atoms with Gasteiger partial charge in [-0.05, 0) is 61.7 Å². The number of nitrogens with zero attached hydrogens (tertiary/aromatic N) is 2. The molecule has 6 nitrogen and oxygen atoms in total. The van der Waals surface area contributed by atoms with E-state index in [9.17, 15) is 4.79 Å². The Bertz CT molecular complexity index is 1190. The zero-order valence-electron chi connectivity index (χ0n) is 19.0. The fourth-order valence-electron chi connectivity index (χ4n) is 5.09. The van der Waals surface area contributed by atoms with E-state index in [1.54, 1.807) is 0 Å². The normalized spacial score (nSPS) is 22.1. The Labute approximate surface area is 193 Å². The second kappa shape index (κ2) is 9.22. The van der Waals surface area contributed by atoms with Crippen LogP contribution in [0.1, 0.15) is 42.5 Å². The molecule has 1 aliphatic carbocycles. The molecule has 2 aromatic carbocycles. The average molecular weight is 445 g/mol. The maximum Gasteiger partial charge on any atom is 0.309 e. The highest BCUT2D eigenvalue weighted by atomic mass is 16.6. The lowest BCUT2D eigenvalue weighted by Crippen LogP contribution is -2.30. The van der Waals surface area contributed by atoms with Gasteiger partial charge in [0, 0.05) is 29.0 Å². The standard InChI is InChI=1S/C27H28N2O4/c1-17-14-19(21-6-3-4-9-24(21)28-17)16-32-20-12-10-18(11-13-20)25-15-26(33-29-25)22-7-5-8-23(22)27(30)31-2/h3-4,6,9-14,22-23,26H,5,7-8,15-16H2,1-2H3/t22-,23+,26?/m0/s1. The number of oxime groups is 1. The quantitative estimate of drug-likeness (QED) is 0.489. The Balaban J connectivity index is 1.22. The molecule has 3 atom stereocenters. The lowest BCUT2D eigenvalue weighted by molar-refractivity contribution is -0.148. The monoisotopic (exact) mass is 444 g/mol. The van der Waals surface area contributed by atoms with Crippen molar-refractivity contribution in [1.29, 1.82) is 0 Å². The number of carbonyl (C=O) groups is 1. The highest BCUT2D eigenvalue weighted by Gasteiger charge is 2.42. The van der Waals surface area contributed by atoms with Gasteiger partial charge < -0.3 is 14.3 Å². The third kappa shape index (κ3) is 4.42. The number of fused-ring (bicyclic) bond motifs is 1. The first-order valence-corrected chi connectivity index (χ1v) is 11.5. The number of benzene rings is 2. The maximum absolute atomic E-state index is 12.1. The van der Waals surface area contributed by atoms with E-state index in [0.29, 0.717) is 13.0 Å². The molecule has 0 N–H and O–H groups in total. The maximum atomic E-state index is 12.1. The predicted octanol–water partition coefficient (Wildman–Crippen LogP) is 5.20. The molecule has 6 heteroatoms. The summed E-state index contributed by atoms with van der Waals surface area (Å²) in [6, 6.07) is 18.2. The van der Waals surface area contributed by atoms with Crippen LogP contribution in [0.15, 0.2) is 59.8 Å². The predicted molar refractivity (Wildman–Crippen MR) is 126 cm³/mol. The second-order valence-electron chi connectivity index (χ2n) is 8.86. The van der Waals surface area contributed by atoms with Crippen LogP contribution in [0.4, 0.5) is 0 Å². The molecule has 33 heavy (non-hydrogen) atoms. The van der Waals surface area contributed by atoms with Crippen LogP contribution in [-0.4, -0.2) is 29.9 Å². The molecule has 3 aromatic rings. The fourth-order valence-corrected chi connectivity index (χ4v) is 5.09. The summed E-state index contributed by atoms with van der Waals surface area (Å²) in [6.45, 7) is 2.48. The Morgan fingerprint density at radius 1 is 1.12 bits per heavy atom. The van der Waals surface area contributed by atoms with Crippen molar-refractivity contribution in [3.63, 3.8) is 0 Å². The zero-order valence-corrected chi connectivity index (χ0v) is 19.0. The SMILES string of the molecule is COC(=O)[C@@H]1CCC[C@@H]1C1CC(c2ccc(OCc3cc(C)nc4ccccc34)cc2)=NO1. The smallest absolute Gasteiger partial charge is 0.309 e. The van der Waals surface area contributed by atoms with Crippen LogP contribution < -0.4 is 4.74 Å². The summed E-state index contributed by atoms with van der Waals surface area (Å²) in [5, 5.41) is 5.45. The van der Waals surface area contributed by atoms with Crippen molar-refractivity contribution in [1.82, 2.24) is 4.98 Å². The number of aromatic nitrogens is 1. The molecule has 1 saturated carbocycles. The first-order valence-electron chi connectivity index (χ1n) is 11.5. The number of methoxy groups -OCH3 is 1. The van der Waals surface area contributed by atoms with Gasteiger partial charge in [-0.25, -0.2) is 0 Å². The topological polar surface area (TPSA) is 70.0 Å². The summed E-state index contributed by atoms with van der Waals surface area (Å²) < 4.78 is 11.1. The van der Waals surface area contributed by atoms with Gasteiger partial charge >= 0.3 is 5.97 Å². The Morgan fingerprint density at radius 2 is 1.94 bits per heavy atom. The van der Waals surface area contributed by atoms with Crippen molar-refractivity contribution < 1.29 is 19.1 Å². The van der Waals surface area contributed by atoms with E-state index in [1.165, 1.54) is 7.11 Å². The fraction of sp³-hybridized carbons (Fsp3) is 0.370. The minimum atomic E-state index is -0.131. The van der Waals surface area contributed by atoms with Crippen molar-refractivity contribution in [3.8, 4) is 5.75 Å². The molecule has 1 unspecified atom stereocenters. The number of pyridine rings is 1. The molecule has 2 aliphatic rings. The molecule has 5 rings (SSSR count). The molecular formula is C27H28N2O4. The molecule has 0 radical (unpaired) electrons. The summed E-state index contributed by atoms with van der Waals surface area (Å²) in [7, 11) is 1.46. The molecular weight excluding hydrogens is 416 g/mol. The first kappa shape index (κ1) is 21.4. The number of carbonyl (C=O) groups excluding carboxylic acids is 1. The number of hydrogen-bond acceptors (Lipinski definition) is 6.